The lowest BCUT2D eigenvalue weighted by molar-refractivity contribution is 0.468. The van der Waals surface area contributed by atoms with Gasteiger partial charge in [0.15, 0.2) is 5.13 Å². The van der Waals surface area contributed by atoms with Gasteiger partial charge in [0, 0.05) is 22.9 Å². The molecule has 0 saturated carbocycles. The van der Waals surface area contributed by atoms with Crippen LogP contribution in [0, 0.1) is 20.8 Å². The van der Waals surface area contributed by atoms with Crippen molar-refractivity contribution in [2.75, 3.05) is 5.32 Å². The summed E-state index contributed by atoms with van der Waals surface area (Å²) >= 11 is 1.62. The van der Waals surface area contributed by atoms with Gasteiger partial charge in [-0.25, -0.2) is 9.67 Å². The Labute approximate surface area is 248 Å². The van der Waals surface area contributed by atoms with Gasteiger partial charge in [0.25, 0.3) is 0 Å². The number of hydrogen-bond acceptors (Lipinski definition) is 5. The molecule has 0 aliphatic carbocycles. The summed E-state index contributed by atoms with van der Waals surface area (Å²) in [6.45, 7) is 6.33. The van der Waals surface area contributed by atoms with Crippen LogP contribution in [-0.2, 0) is 0 Å². The summed E-state index contributed by atoms with van der Waals surface area (Å²) < 4.78 is 3.05. The van der Waals surface area contributed by atoms with Gasteiger partial charge in [-0.05, 0) is 73.0 Å². The van der Waals surface area contributed by atoms with Crippen LogP contribution in [0.2, 0.25) is 0 Å². The largest absolute Gasteiger partial charge is 0.508 e. The highest BCUT2D eigenvalue weighted by atomic mass is 32.1. The van der Waals surface area contributed by atoms with E-state index in [1.54, 1.807) is 17.4 Å². The number of para-hydroxylation sites is 1. The van der Waals surface area contributed by atoms with Crippen molar-refractivity contribution in [3.05, 3.63) is 137 Å². The van der Waals surface area contributed by atoms with Crippen LogP contribution in [0.4, 0.5) is 5.13 Å². The Balaban J connectivity index is 1.48. The minimum atomic E-state index is -0.437. The number of benzene rings is 5. The molecular weight excluding hydrogens is 536 g/mol. The van der Waals surface area contributed by atoms with Crippen LogP contribution in [0.3, 0.4) is 0 Å². The number of phenols is 1. The summed E-state index contributed by atoms with van der Waals surface area (Å²) in [5.74, 6) is 0.223. The smallest absolute Gasteiger partial charge is 0.184 e. The van der Waals surface area contributed by atoms with Gasteiger partial charge in [-0.3, -0.25) is 0 Å². The SMILES string of the molecule is Cc1ccc(-c2nn(-c3ccccc3)cc2C(Nc2nc3cc(C)c(C)cc3s2)c2c(O)ccc3ccccc23)cc1. The molecule has 2 N–H and O–H groups in total. The van der Waals surface area contributed by atoms with Gasteiger partial charge in [-0.15, -0.1) is 0 Å². The molecule has 1 unspecified atom stereocenters. The average Bonchev–Trinajstić information content (AvgIpc) is 3.61. The lowest BCUT2D eigenvalue weighted by Crippen LogP contribution is -2.13. The van der Waals surface area contributed by atoms with Gasteiger partial charge in [-0.2, -0.15) is 5.10 Å². The van der Waals surface area contributed by atoms with E-state index in [1.807, 2.05) is 53.2 Å². The molecule has 5 nitrogen and oxygen atoms in total. The van der Waals surface area contributed by atoms with Gasteiger partial charge in [-0.1, -0.05) is 89.7 Å². The summed E-state index contributed by atoms with van der Waals surface area (Å²) in [7, 11) is 0. The van der Waals surface area contributed by atoms with Gasteiger partial charge in [0.05, 0.1) is 27.6 Å². The molecular formula is C36H30N4OS. The van der Waals surface area contributed by atoms with Gasteiger partial charge in [0.2, 0.25) is 0 Å². The van der Waals surface area contributed by atoms with Crippen molar-refractivity contribution in [3.63, 3.8) is 0 Å². The third-order valence-corrected chi connectivity index (χ3v) is 8.86. The van der Waals surface area contributed by atoms with Crippen molar-refractivity contribution >= 4 is 37.5 Å². The molecule has 42 heavy (non-hydrogen) atoms. The van der Waals surface area contributed by atoms with E-state index in [-0.39, 0.29) is 5.75 Å². The number of rotatable bonds is 6. The second kappa shape index (κ2) is 10.5. The van der Waals surface area contributed by atoms with Gasteiger partial charge < -0.3 is 10.4 Å². The molecule has 2 aromatic heterocycles. The van der Waals surface area contributed by atoms with Crippen molar-refractivity contribution in [1.29, 1.82) is 0 Å². The Hall–Kier alpha value is -4.94. The fourth-order valence-electron chi connectivity index (χ4n) is 5.51. The highest BCUT2D eigenvalue weighted by Gasteiger charge is 2.27. The molecule has 206 valence electrons. The number of phenolic OH excluding ortho intramolecular Hbond substituents is 1. The van der Waals surface area contributed by atoms with Gasteiger partial charge in [0.1, 0.15) is 5.75 Å². The maximum absolute atomic E-state index is 11.5. The van der Waals surface area contributed by atoms with Crippen LogP contribution in [0.1, 0.15) is 33.9 Å². The molecule has 2 heterocycles. The van der Waals surface area contributed by atoms with E-state index in [9.17, 15) is 5.11 Å². The number of anilines is 1. The first-order chi connectivity index (χ1) is 20.4. The normalized spacial score (nSPS) is 12.2. The third-order valence-electron chi connectivity index (χ3n) is 7.91. The molecule has 0 aliphatic heterocycles. The molecule has 0 bridgehead atoms. The topological polar surface area (TPSA) is 63.0 Å². The quantitative estimate of drug-likeness (QED) is 0.211. The van der Waals surface area contributed by atoms with Crippen LogP contribution < -0.4 is 5.32 Å². The number of nitrogens with zero attached hydrogens (tertiary/aromatic N) is 3. The zero-order valence-electron chi connectivity index (χ0n) is 23.7. The summed E-state index contributed by atoms with van der Waals surface area (Å²) in [6, 6.07) is 34.4. The number of aromatic nitrogens is 3. The van der Waals surface area contributed by atoms with Crippen LogP contribution in [0.15, 0.2) is 109 Å². The Morgan fingerprint density at radius 2 is 1.55 bits per heavy atom. The molecule has 5 aromatic carbocycles. The zero-order valence-corrected chi connectivity index (χ0v) is 24.5. The zero-order chi connectivity index (χ0) is 28.8. The molecule has 7 aromatic rings. The van der Waals surface area contributed by atoms with E-state index in [0.717, 1.165) is 54.2 Å². The molecule has 6 heteroatoms. The number of thiazole rings is 1. The van der Waals surface area contributed by atoms with E-state index in [1.165, 1.54) is 16.7 Å². The maximum atomic E-state index is 11.5. The summed E-state index contributed by atoms with van der Waals surface area (Å²) in [5.41, 5.74) is 9.16. The Morgan fingerprint density at radius 1 is 0.810 bits per heavy atom. The van der Waals surface area contributed by atoms with Crippen molar-refractivity contribution < 1.29 is 5.11 Å². The van der Waals surface area contributed by atoms with E-state index < -0.39 is 6.04 Å². The van der Waals surface area contributed by atoms with Crippen LogP contribution in [0.5, 0.6) is 5.75 Å². The molecule has 0 aliphatic rings. The standard InChI is InChI=1S/C36H30N4OS/c1-22-13-15-26(16-14-22)34-29(21-40(39-34)27-10-5-4-6-11-27)35(33-28-12-8-7-9-25(28)17-18-31(33)41)38-36-37-30-19-23(2)24(3)20-32(30)42-36/h4-21,35,41H,1-3H3,(H,37,38). The summed E-state index contributed by atoms with van der Waals surface area (Å²) in [5, 5.41) is 23.2. The second-order valence-electron chi connectivity index (χ2n) is 10.8. The fourth-order valence-corrected chi connectivity index (χ4v) is 6.48. The number of fused-ring (bicyclic) bond motifs is 2. The average molecular weight is 567 g/mol. The van der Waals surface area contributed by atoms with E-state index in [4.69, 9.17) is 10.1 Å². The molecule has 1 atom stereocenters. The number of hydrogen-bond donors (Lipinski definition) is 2. The Bertz CT molecular complexity index is 2020. The van der Waals surface area contributed by atoms with Crippen molar-refractivity contribution in [2.24, 2.45) is 0 Å². The Morgan fingerprint density at radius 3 is 2.36 bits per heavy atom. The third kappa shape index (κ3) is 4.70. The van der Waals surface area contributed by atoms with Crippen molar-refractivity contribution in [1.82, 2.24) is 14.8 Å². The highest BCUT2D eigenvalue weighted by Crippen LogP contribution is 2.42. The summed E-state index contributed by atoms with van der Waals surface area (Å²) in [6.07, 6.45) is 2.07. The first-order valence-corrected chi connectivity index (χ1v) is 14.8. The molecule has 0 amide bonds. The number of aromatic hydroxyl groups is 1. The first kappa shape index (κ1) is 26.0. The van der Waals surface area contributed by atoms with Crippen LogP contribution in [0.25, 0.3) is 37.9 Å². The van der Waals surface area contributed by atoms with E-state index in [2.05, 4.69) is 80.8 Å². The Kier molecular flexibility index (Phi) is 6.48. The highest BCUT2D eigenvalue weighted by molar-refractivity contribution is 7.22. The number of nitrogens with one attached hydrogen (secondary N) is 1. The van der Waals surface area contributed by atoms with Crippen molar-refractivity contribution in [2.45, 2.75) is 26.8 Å². The lowest BCUT2D eigenvalue weighted by atomic mass is 9.91. The first-order valence-electron chi connectivity index (χ1n) is 14.0. The predicted octanol–water partition coefficient (Wildman–Crippen LogP) is 9.13. The predicted molar refractivity (Wildman–Crippen MR) is 174 cm³/mol. The fraction of sp³-hybridized carbons (Fsp3) is 0.111. The van der Waals surface area contributed by atoms with E-state index >= 15 is 0 Å². The van der Waals surface area contributed by atoms with Gasteiger partial charge >= 0.3 is 0 Å². The molecule has 0 saturated heterocycles. The van der Waals surface area contributed by atoms with E-state index in [0.29, 0.717) is 0 Å². The molecule has 7 rings (SSSR count). The van der Waals surface area contributed by atoms with Crippen LogP contribution in [-0.4, -0.2) is 19.9 Å². The molecule has 0 spiro atoms. The minimum Gasteiger partial charge on any atom is -0.508 e. The monoisotopic (exact) mass is 566 g/mol. The number of aryl methyl sites for hydroxylation is 3. The summed E-state index contributed by atoms with van der Waals surface area (Å²) in [4.78, 5) is 4.99. The lowest BCUT2D eigenvalue weighted by Gasteiger charge is -2.22. The molecule has 0 radical (unpaired) electrons. The maximum Gasteiger partial charge on any atom is 0.184 e. The van der Waals surface area contributed by atoms with Crippen molar-refractivity contribution in [3.8, 4) is 22.7 Å². The molecule has 0 fully saturated rings. The second-order valence-corrected chi connectivity index (χ2v) is 11.8. The minimum absolute atomic E-state index is 0.223. The van der Waals surface area contributed by atoms with Crippen LogP contribution >= 0.6 is 11.3 Å².